The van der Waals surface area contributed by atoms with Crippen LogP contribution in [0.5, 0.6) is 0 Å². The van der Waals surface area contributed by atoms with Crippen molar-refractivity contribution in [2.24, 2.45) is 0 Å². The summed E-state index contributed by atoms with van der Waals surface area (Å²) in [7, 11) is -0.147. The Hall–Kier alpha value is -1.94. The maximum Gasteiger partial charge on any atom is 0.0530 e. The fourth-order valence-electron chi connectivity index (χ4n) is 2.02. The van der Waals surface area contributed by atoms with E-state index in [4.69, 9.17) is 5.21 Å². The standard InChI is InChI=1S/C17H21N2O2PS/c1-14(18-20)7-8-15-9-11-17(12-10-15)19-23(21,22)13-16-5-3-2-4-6-16/h2-12,18,20,23H,1,13,22H2,(H,19,21)/b8-7+. The third-order valence-electron chi connectivity index (χ3n) is 3.11. The highest BCUT2D eigenvalue weighted by Crippen LogP contribution is 2.24. The Balaban J connectivity index is 2.01. The van der Waals surface area contributed by atoms with Crippen LogP contribution in [0, 0.1) is 0 Å². The summed E-state index contributed by atoms with van der Waals surface area (Å²) in [6.07, 6.45) is 3.48. The van der Waals surface area contributed by atoms with Crippen LogP contribution in [0.4, 0.5) is 5.69 Å². The molecule has 0 spiro atoms. The Bertz CT molecular complexity index is 730. The van der Waals surface area contributed by atoms with Gasteiger partial charge in [-0.1, -0.05) is 55.1 Å². The maximum absolute atomic E-state index is 12.7. The van der Waals surface area contributed by atoms with Gasteiger partial charge in [-0.15, -0.1) is 0 Å². The lowest BCUT2D eigenvalue weighted by molar-refractivity contribution is 0.205. The van der Waals surface area contributed by atoms with Gasteiger partial charge in [-0.05, 0) is 47.5 Å². The van der Waals surface area contributed by atoms with Crippen LogP contribution in [0.1, 0.15) is 11.1 Å². The quantitative estimate of drug-likeness (QED) is 0.268. The van der Waals surface area contributed by atoms with E-state index in [9.17, 15) is 4.21 Å². The van der Waals surface area contributed by atoms with E-state index in [0.29, 0.717) is 11.4 Å². The molecule has 0 aliphatic carbocycles. The van der Waals surface area contributed by atoms with Gasteiger partial charge in [0, 0.05) is 11.4 Å². The zero-order valence-electron chi connectivity index (χ0n) is 12.6. The molecule has 23 heavy (non-hydrogen) atoms. The average Bonchev–Trinajstić information content (AvgIpc) is 2.54. The van der Waals surface area contributed by atoms with Crippen molar-refractivity contribution in [3.8, 4) is 0 Å². The minimum atomic E-state index is -2.60. The van der Waals surface area contributed by atoms with Gasteiger partial charge in [0.2, 0.25) is 0 Å². The van der Waals surface area contributed by atoms with Gasteiger partial charge in [-0.25, -0.2) is 0 Å². The molecule has 0 radical (unpaired) electrons. The molecule has 0 saturated carbocycles. The van der Waals surface area contributed by atoms with E-state index in [1.165, 1.54) is 0 Å². The van der Waals surface area contributed by atoms with Crippen LogP contribution >= 0.6 is 8.44 Å². The van der Waals surface area contributed by atoms with Crippen molar-refractivity contribution in [1.29, 1.82) is 0 Å². The number of hydrogen-bond acceptors (Lipinski definition) is 3. The number of thiol groups is 1. The van der Waals surface area contributed by atoms with Crippen LogP contribution in [0.3, 0.4) is 0 Å². The van der Waals surface area contributed by atoms with Gasteiger partial charge in [0.05, 0.1) is 5.70 Å². The molecule has 0 heterocycles. The SMILES string of the molecule is C=C(/C=C/c1ccc(N[SH](=O)(P)Cc2ccccc2)cc1)NO. The topological polar surface area (TPSA) is 61.4 Å². The van der Waals surface area contributed by atoms with Gasteiger partial charge >= 0.3 is 0 Å². The minimum Gasteiger partial charge on any atom is -0.324 e. The Morgan fingerprint density at radius 1 is 1.17 bits per heavy atom. The largest absolute Gasteiger partial charge is 0.324 e. The molecule has 2 rings (SSSR count). The van der Waals surface area contributed by atoms with E-state index >= 15 is 0 Å². The molecule has 4 nitrogen and oxygen atoms in total. The van der Waals surface area contributed by atoms with E-state index in [1.807, 2.05) is 66.2 Å². The van der Waals surface area contributed by atoms with Crippen molar-refractivity contribution in [3.05, 3.63) is 84.1 Å². The van der Waals surface area contributed by atoms with Crippen molar-refractivity contribution in [2.75, 3.05) is 4.72 Å². The van der Waals surface area contributed by atoms with Crippen molar-refractivity contribution in [3.63, 3.8) is 0 Å². The van der Waals surface area contributed by atoms with Gasteiger partial charge in [0.1, 0.15) is 0 Å². The Morgan fingerprint density at radius 2 is 1.83 bits per heavy atom. The van der Waals surface area contributed by atoms with Crippen molar-refractivity contribution in [2.45, 2.75) is 5.75 Å². The summed E-state index contributed by atoms with van der Waals surface area (Å²) in [6.45, 7) is 3.59. The van der Waals surface area contributed by atoms with E-state index in [2.05, 4.69) is 19.7 Å². The number of nitrogens with one attached hydrogen (secondary N) is 2. The first-order valence-electron chi connectivity index (χ1n) is 7.05. The van der Waals surface area contributed by atoms with Gasteiger partial charge in [0.25, 0.3) is 0 Å². The molecular weight excluding hydrogens is 327 g/mol. The highest BCUT2D eigenvalue weighted by Gasteiger charge is 2.09. The molecule has 0 saturated heterocycles. The first kappa shape index (κ1) is 17.4. The van der Waals surface area contributed by atoms with Crippen LogP contribution in [-0.2, 0) is 15.5 Å². The molecule has 2 aromatic rings. The molecule has 0 aromatic heterocycles. The first-order chi connectivity index (χ1) is 11.0. The maximum atomic E-state index is 12.7. The zero-order valence-corrected chi connectivity index (χ0v) is 14.7. The predicted molar refractivity (Wildman–Crippen MR) is 103 cm³/mol. The average molecular weight is 348 g/mol. The third-order valence-corrected chi connectivity index (χ3v) is 5.52. The second-order valence-corrected chi connectivity index (χ2v) is 9.78. The van der Waals surface area contributed by atoms with E-state index in [1.54, 1.807) is 6.08 Å². The van der Waals surface area contributed by atoms with Crippen molar-refractivity contribution >= 4 is 29.9 Å². The summed E-state index contributed by atoms with van der Waals surface area (Å²) in [5.41, 5.74) is 5.16. The van der Waals surface area contributed by atoms with E-state index in [0.717, 1.165) is 16.8 Å². The van der Waals surface area contributed by atoms with Crippen molar-refractivity contribution in [1.82, 2.24) is 5.48 Å². The molecule has 6 heteroatoms. The molecule has 1 atom stereocenters. The summed E-state index contributed by atoms with van der Waals surface area (Å²) in [4.78, 5) is 0. The highest BCUT2D eigenvalue weighted by molar-refractivity contribution is 8.45. The molecule has 2 aromatic carbocycles. The lowest BCUT2D eigenvalue weighted by Gasteiger charge is -2.21. The van der Waals surface area contributed by atoms with Crippen LogP contribution in [-0.4, -0.2) is 9.42 Å². The Morgan fingerprint density at radius 3 is 2.43 bits per heavy atom. The number of hydrogen-bond donors (Lipinski definition) is 4. The molecule has 1 unspecified atom stereocenters. The first-order valence-corrected chi connectivity index (χ1v) is 10.6. The summed E-state index contributed by atoms with van der Waals surface area (Å²) >= 11 is 0. The predicted octanol–water partition coefficient (Wildman–Crippen LogP) is 3.53. The van der Waals surface area contributed by atoms with Gasteiger partial charge in [-0.3, -0.25) is 14.9 Å². The molecule has 122 valence electrons. The van der Waals surface area contributed by atoms with E-state index < -0.39 is 9.74 Å². The molecule has 3 N–H and O–H groups in total. The number of hydroxylamine groups is 1. The molecule has 0 aliphatic rings. The van der Waals surface area contributed by atoms with Crippen LogP contribution in [0.2, 0.25) is 0 Å². The Kier molecular flexibility index (Phi) is 6.11. The van der Waals surface area contributed by atoms with Crippen LogP contribution < -0.4 is 10.2 Å². The third kappa shape index (κ3) is 5.99. The molecule has 0 aliphatic heterocycles. The fraction of sp³-hybridized carbons (Fsp3) is 0.0588. The second-order valence-electron chi connectivity index (χ2n) is 5.14. The summed E-state index contributed by atoms with van der Waals surface area (Å²) < 4.78 is 15.8. The second kappa shape index (κ2) is 8.06. The lowest BCUT2D eigenvalue weighted by atomic mass is 10.2. The van der Waals surface area contributed by atoms with Crippen molar-refractivity contribution < 1.29 is 9.42 Å². The number of anilines is 1. The highest BCUT2D eigenvalue weighted by atomic mass is 32.8. The van der Waals surface area contributed by atoms with E-state index in [-0.39, 0.29) is 0 Å². The number of allylic oxidation sites excluding steroid dienone is 1. The zero-order chi connectivity index (χ0) is 16.7. The minimum absolute atomic E-state index is 0.407. The summed E-state index contributed by atoms with van der Waals surface area (Å²) in [6, 6.07) is 17.3. The molecule has 0 amide bonds. The van der Waals surface area contributed by atoms with Gasteiger partial charge < -0.3 is 4.72 Å². The number of benzene rings is 2. The monoisotopic (exact) mass is 348 g/mol. The van der Waals surface area contributed by atoms with Gasteiger partial charge in [-0.2, -0.15) is 0 Å². The number of rotatable bonds is 7. The summed E-state index contributed by atoms with van der Waals surface area (Å²) in [5, 5.41) is 8.66. The molecular formula is C17H21N2O2PS. The van der Waals surface area contributed by atoms with Crippen LogP contribution in [0.15, 0.2) is 72.9 Å². The summed E-state index contributed by atoms with van der Waals surface area (Å²) in [5.74, 6) is 0.474. The van der Waals surface area contributed by atoms with Gasteiger partial charge in [0.15, 0.2) is 0 Å². The smallest absolute Gasteiger partial charge is 0.0530 e. The Labute approximate surface area is 139 Å². The molecule has 0 fully saturated rings. The normalized spacial score (nSPS) is 12.1. The fourth-order valence-corrected chi connectivity index (χ4v) is 4.51. The molecule has 0 bridgehead atoms. The van der Waals surface area contributed by atoms with Crippen LogP contribution in [0.25, 0.3) is 6.08 Å². The lowest BCUT2D eigenvalue weighted by Crippen LogP contribution is -2.16.